The van der Waals surface area contributed by atoms with E-state index in [1.165, 1.54) is 14.2 Å². The topological polar surface area (TPSA) is 61.8 Å². The van der Waals surface area contributed by atoms with E-state index in [1.54, 1.807) is 31.2 Å². The fourth-order valence-electron chi connectivity index (χ4n) is 2.21. The van der Waals surface area contributed by atoms with E-state index in [-0.39, 0.29) is 5.41 Å². The number of carbonyl (C=O) groups is 2. The summed E-state index contributed by atoms with van der Waals surface area (Å²) in [7, 11) is 2.47. The SMILES string of the molecule is CC#C[C@H](c1ccc(OCC(C)(C)C)cc1)C(C(=O)OC)C(=O)OC. The summed E-state index contributed by atoms with van der Waals surface area (Å²) < 4.78 is 15.2. The molecule has 1 aromatic rings. The molecular weight excluding hydrogens is 320 g/mol. The Kier molecular flexibility index (Phi) is 7.50. The highest BCUT2D eigenvalue weighted by atomic mass is 16.5. The molecule has 1 aromatic carbocycles. The summed E-state index contributed by atoms with van der Waals surface area (Å²) in [6, 6.07) is 7.20. The molecule has 0 aliphatic heterocycles. The van der Waals surface area contributed by atoms with E-state index in [2.05, 4.69) is 32.6 Å². The van der Waals surface area contributed by atoms with E-state index < -0.39 is 23.8 Å². The predicted octanol–water partition coefficient (Wildman–Crippen LogP) is 3.18. The highest BCUT2D eigenvalue weighted by Gasteiger charge is 2.37. The zero-order valence-corrected chi connectivity index (χ0v) is 15.7. The molecule has 1 atom stereocenters. The Morgan fingerprint density at radius 2 is 1.56 bits per heavy atom. The van der Waals surface area contributed by atoms with Gasteiger partial charge in [-0.3, -0.25) is 9.59 Å². The van der Waals surface area contributed by atoms with Crippen LogP contribution in [0.4, 0.5) is 0 Å². The maximum absolute atomic E-state index is 12.1. The first kappa shape index (κ1) is 20.6. The number of rotatable bonds is 6. The molecule has 0 saturated carbocycles. The summed E-state index contributed by atoms with van der Waals surface area (Å²) in [5, 5.41) is 0. The lowest BCUT2D eigenvalue weighted by atomic mass is 9.86. The van der Waals surface area contributed by atoms with Crippen LogP contribution in [0.1, 0.15) is 39.2 Å². The van der Waals surface area contributed by atoms with Crippen molar-refractivity contribution in [2.75, 3.05) is 20.8 Å². The highest BCUT2D eigenvalue weighted by Crippen LogP contribution is 2.28. The van der Waals surface area contributed by atoms with Crippen LogP contribution in [0.15, 0.2) is 24.3 Å². The molecule has 0 aliphatic carbocycles. The van der Waals surface area contributed by atoms with Gasteiger partial charge in [-0.2, -0.15) is 0 Å². The highest BCUT2D eigenvalue weighted by molar-refractivity contribution is 5.96. The molecule has 0 spiro atoms. The van der Waals surface area contributed by atoms with Crippen molar-refractivity contribution in [3.8, 4) is 17.6 Å². The molecule has 0 fully saturated rings. The standard InChI is InChI=1S/C20H26O5/c1-7-8-16(17(18(21)23-5)19(22)24-6)14-9-11-15(12-10-14)25-13-20(2,3)4/h9-12,16-17H,13H2,1-6H3/t16-/m1/s1. The van der Waals surface area contributed by atoms with Crippen LogP contribution >= 0.6 is 0 Å². The van der Waals surface area contributed by atoms with E-state index in [4.69, 9.17) is 14.2 Å². The van der Waals surface area contributed by atoms with Gasteiger partial charge >= 0.3 is 11.9 Å². The van der Waals surface area contributed by atoms with Gasteiger partial charge in [0, 0.05) is 0 Å². The lowest BCUT2D eigenvalue weighted by molar-refractivity contribution is -0.159. The molecular formula is C20H26O5. The molecule has 25 heavy (non-hydrogen) atoms. The van der Waals surface area contributed by atoms with Gasteiger partial charge in [0.25, 0.3) is 0 Å². The molecule has 0 saturated heterocycles. The first-order valence-electron chi connectivity index (χ1n) is 8.04. The first-order valence-corrected chi connectivity index (χ1v) is 8.04. The molecule has 0 N–H and O–H groups in total. The minimum atomic E-state index is -1.14. The minimum absolute atomic E-state index is 0.0513. The molecule has 0 unspecified atom stereocenters. The van der Waals surface area contributed by atoms with Crippen LogP contribution < -0.4 is 4.74 Å². The molecule has 5 nitrogen and oxygen atoms in total. The first-order chi connectivity index (χ1) is 11.7. The summed E-state index contributed by atoms with van der Waals surface area (Å²) in [6.45, 7) is 8.50. The van der Waals surface area contributed by atoms with Crippen LogP contribution in [0.3, 0.4) is 0 Å². The molecule has 0 radical (unpaired) electrons. The second-order valence-electron chi connectivity index (χ2n) is 6.81. The molecule has 0 heterocycles. The van der Waals surface area contributed by atoms with E-state index in [0.29, 0.717) is 6.61 Å². The van der Waals surface area contributed by atoms with Gasteiger partial charge in [0.15, 0.2) is 5.92 Å². The number of methoxy groups -OCH3 is 2. The smallest absolute Gasteiger partial charge is 0.321 e. The van der Waals surface area contributed by atoms with Crippen molar-refractivity contribution < 1.29 is 23.8 Å². The van der Waals surface area contributed by atoms with Crippen LogP contribution in [-0.4, -0.2) is 32.8 Å². The van der Waals surface area contributed by atoms with Crippen LogP contribution in [-0.2, 0) is 19.1 Å². The van der Waals surface area contributed by atoms with Crippen molar-refractivity contribution in [1.82, 2.24) is 0 Å². The van der Waals surface area contributed by atoms with Crippen molar-refractivity contribution in [2.45, 2.75) is 33.6 Å². The Bertz CT molecular complexity index is 627. The third-order valence-electron chi connectivity index (χ3n) is 3.45. The normalized spacial score (nSPS) is 12.0. The number of carbonyl (C=O) groups excluding carboxylic acids is 2. The van der Waals surface area contributed by atoms with Crippen LogP contribution in [0.25, 0.3) is 0 Å². The van der Waals surface area contributed by atoms with Gasteiger partial charge in [0.05, 0.1) is 26.7 Å². The number of esters is 2. The van der Waals surface area contributed by atoms with Crippen molar-refractivity contribution in [2.24, 2.45) is 11.3 Å². The molecule has 0 aromatic heterocycles. The van der Waals surface area contributed by atoms with Crippen molar-refractivity contribution >= 4 is 11.9 Å². The Hall–Kier alpha value is -2.48. The Morgan fingerprint density at radius 3 is 1.96 bits per heavy atom. The van der Waals surface area contributed by atoms with E-state index in [1.807, 2.05) is 0 Å². The molecule has 5 heteroatoms. The predicted molar refractivity (Wildman–Crippen MR) is 95.1 cm³/mol. The molecule has 0 amide bonds. The van der Waals surface area contributed by atoms with Crippen molar-refractivity contribution in [3.63, 3.8) is 0 Å². The fraction of sp³-hybridized carbons (Fsp3) is 0.500. The lowest BCUT2D eigenvalue weighted by Crippen LogP contribution is -2.31. The Balaban J connectivity index is 3.10. The lowest BCUT2D eigenvalue weighted by Gasteiger charge is -2.21. The number of benzene rings is 1. The zero-order valence-electron chi connectivity index (χ0n) is 15.7. The number of hydrogen-bond donors (Lipinski definition) is 0. The fourth-order valence-corrected chi connectivity index (χ4v) is 2.21. The van der Waals surface area contributed by atoms with Gasteiger partial charge in [-0.05, 0) is 30.0 Å². The summed E-state index contributed by atoms with van der Waals surface area (Å²) in [5.41, 5.74) is 0.772. The van der Waals surface area contributed by atoms with Crippen molar-refractivity contribution in [3.05, 3.63) is 29.8 Å². The van der Waals surface area contributed by atoms with E-state index >= 15 is 0 Å². The largest absolute Gasteiger partial charge is 0.493 e. The van der Waals surface area contributed by atoms with Gasteiger partial charge < -0.3 is 14.2 Å². The summed E-state index contributed by atoms with van der Waals surface area (Å²) >= 11 is 0. The third kappa shape index (κ3) is 6.15. The zero-order chi connectivity index (χ0) is 19.0. The maximum atomic E-state index is 12.1. The van der Waals surface area contributed by atoms with Crippen LogP contribution in [0.2, 0.25) is 0 Å². The molecule has 136 valence electrons. The number of ether oxygens (including phenoxy) is 3. The number of hydrogen-bond acceptors (Lipinski definition) is 5. The molecule has 1 rings (SSSR count). The van der Waals surface area contributed by atoms with E-state index in [9.17, 15) is 9.59 Å². The minimum Gasteiger partial charge on any atom is -0.493 e. The van der Waals surface area contributed by atoms with Crippen molar-refractivity contribution in [1.29, 1.82) is 0 Å². The second kappa shape index (κ2) is 9.12. The summed E-state index contributed by atoms with van der Waals surface area (Å²) in [5.74, 6) is 3.26. The Morgan fingerprint density at radius 1 is 1.04 bits per heavy atom. The molecule has 0 bridgehead atoms. The van der Waals surface area contributed by atoms with Gasteiger partial charge in [0.2, 0.25) is 0 Å². The Labute approximate surface area is 149 Å². The van der Waals surface area contributed by atoms with Gasteiger partial charge in [-0.25, -0.2) is 0 Å². The van der Waals surface area contributed by atoms with Gasteiger partial charge in [-0.1, -0.05) is 38.8 Å². The van der Waals surface area contributed by atoms with E-state index in [0.717, 1.165) is 11.3 Å². The molecule has 0 aliphatic rings. The average Bonchev–Trinajstić information content (AvgIpc) is 2.58. The summed E-state index contributed by atoms with van der Waals surface area (Å²) in [4.78, 5) is 24.1. The maximum Gasteiger partial charge on any atom is 0.321 e. The monoisotopic (exact) mass is 346 g/mol. The summed E-state index contributed by atoms with van der Waals surface area (Å²) in [6.07, 6.45) is 0. The second-order valence-corrected chi connectivity index (χ2v) is 6.81. The van der Waals surface area contributed by atoms with Gasteiger partial charge in [0.1, 0.15) is 5.75 Å². The third-order valence-corrected chi connectivity index (χ3v) is 3.45. The quantitative estimate of drug-likeness (QED) is 0.450. The van der Waals surface area contributed by atoms with Crippen LogP contribution in [0.5, 0.6) is 5.75 Å². The van der Waals surface area contributed by atoms with Crippen LogP contribution in [0, 0.1) is 23.2 Å². The average molecular weight is 346 g/mol. The van der Waals surface area contributed by atoms with Gasteiger partial charge in [-0.15, -0.1) is 5.92 Å².